The Kier molecular flexibility index (Phi) is 4.88. The van der Waals surface area contributed by atoms with E-state index in [4.69, 9.17) is 9.52 Å². The number of carbonyl (C=O) groups is 2. The van der Waals surface area contributed by atoms with Gasteiger partial charge in [-0.05, 0) is 32.3 Å². The predicted octanol–water partition coefficient (Wildman–Crippen LogP) is 2.47. The van der Waals surface area contributed by atoms with E-state index < -0.39 is 5.97 Å². The number of hydrogen-bond acceptors (Lipinski definition) is 3. The zero-order valence-electron chi connectivity index (χ0n) is 12.5. The normalized spacial score (nSPS) is 18.6. The van der Waals surface area contributed by atoms with Gasteiger partial charge in [-0.25, -0.2) is 4.79 Å². The molecule has 2 heterocycles. The smallest absolute Gasteiger partial charge is 0.320 e. The fraction of sp³-hybridized carbons (Fsp3) is 0.600. The molecule has 1 saturated heterocycles. The summed E-state index contributed by atoms with van der Waals surface area (Å²) in [4.78, 5) is 26.8. The van der Waals surface area contributed by atoms with E-state index in [2.05, 4.69) is 0 Å². The molecule has 21 heavy (non-hydrogen) atoms. The molecule has 1 atom stereocenters. The molecule has 1 unspecified atom stereocenters. The van der Waals surface area contributed by atoms with Crippen LogP contribution in [-0.4, -0.2) is 46.5 Å². The quantitative estimate of drug-likeness (QED) is 0.925. The summed E-state index contributed by atoms with van der Waals surface area (Å²) in [5, 5.41) is 8.98. The highest BCUT2D eigenvalue weighted by atomic mass is 16.4. The summed E-state index contributed by atoms with van der Waals surface area (Å²) in [6.45, 7) is 2.96. The first kappa shape index (κ1) is 15.4. The van der Waals surface area contributed by atoms with Crippen LogP contribution < -0.4 is 0 Å². The van der Waals surface area contributed by atoms with Gasteiger partial charge in [-0.15, -0.1) is 0 Å². The number of amides is 2. The van der Waals surface area contributed by atoms with Crippen LogP contribution in [-0.2, 0) is 11.3 Å². The number of likely N-dealkylation sites (tertiary alicyclic amines) is 1. The lowest BCUT2D eigenvalue weighted by molar-refractivity contribution is -0.138. The van der Waals surface area contributed by atoms with Crippen LogP contribution in [0.25, 0.3) is 0 Å². The monoisotopic (exact) mass is 294 g/mol. The maximum atomic E-state index is 12.6. The molecule has 1 fully saturated rings. The van der Waals surface area contributed by atoms with Crippen LogP contribution in [0.5, 0.6) is 0 Å². The molecule has 1 aliphatic heterocycles. The molecule has 0 spiro atoms. The van der Waals surface area contributed by atoms with Crippen molar-refractivity contribution in [2.45, 2.75) is 45.2 Å². The maximum absolute atomic E-state index is 12.6. The zero-order valence-corrected chi connectivity index (χ0v) is 12.5. The molecule has 2 amide bonds. The fourth-order valence-electron chi connectivity index (χ4n) is 2.78. The van der Waals surface area contributed by atoms with Crippen molar-refractivity contribution in [3.8, 4) is 0 Å². The number of aliphatic carboxylic acids is 1. The van der Waals surface area contributed by atoms with Crippen molar-refractivity contribution < 1.29 is 19.1 Å². The van der Waals surface area contributed by atoms with E-state index in [1.165, 1.54) is 0 Å². The third-order valence-corrected chi connectivity index (χ3v) is 3.98. The Labute approximate surface area is 124 Å². The first-order chi connectivity index (χ1) is 9.99. The number of furan rings is 1. The average Bonchev–Trinajstić information content (AvgIpc) is 2.83. The van der Waals surface area contributed by atoms with Gasteiger partial charge in [0.25, 0.3) is 0 Å². The number of carboxylic acids is 1. The van der Waals surface area contributed by atoms with E-state index in [9.17, 15) is 9.59 Å². The third-order valence-electron chi connectivity index (χ3n) is 3.98. The van der Waals surface area contributed by atoms with Gasteiger partial charge in [0.1, 0.15) is 5.76 Å². The summed E-state index contributed by atoms with van der Waals surface area (Å²) in [6.07, 6.45) is 4.30. The van der Waals surface area contributed by atoms with E-state index in [1.54, 1.807) is 23.1 Å². The van der Waals surface area contributed by atoms with Crippen LogP contribution in [0, 0.1) is 6.92 Å². The van der Waals surface area contributed by atoms with E-state index in [0.29, 0.717) is 13.1 Å². The van der Waals surface area contributed by atoms with Crippen molar-refractivity contribution in [3.05, 3.63) is 23.7 Å². The average molecular weight is 294 g/mol. The number of carboxylic acid groups (broad SMARTS) is 1. The second-order valence-electron chi connectivity index (χ2n) is 5.58. The summed E-state index contributed by atoms with van der Waals surface area (Å²) in [5.74, 6) is -0.0524. The molecular weight excluding hydrogens is 272 g/mol. The Balaban J connectivity index is 2.02. The van der Waals surface area contributed by atoms with Crippen molar-refractivity contribution >= 4 is 12.0 Å². The first-order valence-corrected chi connectivity index (χ1v) is 7.25. The highest BCUT2D eigenvalue weighted by Crippen LogP contribution is 2.22. The number of urea groups is 1. The number of rotatable bonds is 4. The third kappa shape index (κ3) is 3.77. The molecule has 1 aromatic heterocycles. The molecule has 0 bridgehead atoms. The Bertz CT molecular complexity index is 512. The molecule has 6 nitrogen and oxygen atoms in total. The summed E-state index contributed by atoms with van der Waals surface area (Å²) in [5.41, 5.74) is 0.970. The Morgan fingerprint density at radius 1 is 1.48 bits per heavy atom. The summed E-state index contributed by atoms with van der Waals surface area (Å²) in [7, 11) is 1.74. The fourth-order valence-corrected chi connectivity index (χ4v) is 2.78. The van der Waals surface area contributed by atoms with Crippen molar-refractivity contribution in [1.29, 1.82) is 0 Å². The maximum Gasteiger partial charge on any atom is 0.320 e. The molecule has 0 saturated carbocycles. The molecule has 1 aromatic rings. The molecule has 116 valence electrons. The second-order valence-corrected chi connectivity index (χ2v) is 5.58. The summed E-state index contributed by atoms with van der Waals surface area (Å²) >= 11 is 0. The standard InChI is InChI=1S/C15H22N2O4/c1-11-12(6-8-21-11)10-16(2)15(20)17-7-4-3-5-13(17)9-14(18)19/h6,8,13H,3-5,7,9-10H2,1-2H3,(H,18,19). The number of hydrogen-bond donors (Lipinski definition) is 1. The molecule has 0 aliphatic carbocycles. The zero-order chi connectivity index (χ0) is 15.4. The Morgan fingerprint density at radius 2 is 2.24 bits per heavy atom. The van der Waals surface area contributed by atoms with Gasteiger partial charge in [-0.2, -0.15) is 0 Å². The minimum absolute atomic E-state index is 0.0182. The predicted molar refractivity (Wildman–Crippen MR) is 76.9 cm³/mol. The molecule has 1 N–H and O–H groups in total. The number of aryl methyl sites for hydroxylation is 1. The lowest BCUT2D eigenvalue weighted by Gasteiger charge is -2.37. The van der Waals surface area contributed by atoms with Crippen LogP contribution in [0.15, 0.2) is 16.7 Å². The Hall–Kier alpha value is -1.98. The van der Waals surface area contributed by atoms with Crippen LogP contribution in [0.4, 0.5) is 4.79 Å². The van der Waals surface area contributed by atoms with Crippen molar-refractivity contribution in [3.63, 3.8) is 0 Å². The van der Waals surface area contributed by atoms with Gasteiger partial charge in [-0.1, -0.05) is 0 Å². The van der Waals surface area contributed by atoms with Gasteiger partial charge >= 0.3 is 12.0 Å². The highest BCUT2D eigenvalue weighted by molar-refractivity contribution is 5.76. The van der Waals surface area contributed by atoms with Gasteiger partial charge in [0, 0.05) is 25.2 Å². The van der Waals surface area contributed by atoms with Gasteiger partial charge in [0.2, 0.25) is 0 Å². The molecule has 2 rings (SSSR count). The van der Waals surface area contributed by atoms with Gasteiger partial charge in [0.15, 0.2) is 0 Å². The number of carbonyl (C=O) groups excluding carboxylic acids is 1. The summed E-state index contributed by atoms with van der Waals surface area (Å²) in [6, 6.07) is 1.54. The second kappa shape index (κ2) is 6.65. The SMILES string of the molecule is Cc1occc1CN(C)C(=O)N1CCCCC1CC(=O)O. The molecule has 6 heteroatoms. The van der Waals surface area contributed by atoms with Crippen molar-refractivity contribution in [1.82, 2.24) is 9.80 Å². The van der Waals surface area contributed by atoms with Gasteiger partial charge in [0.05, 0.1) is 19.2 Å². The minimum atomic E-state index is -0.854. The van der Waals surface area contributed by atoms with Crippen LogP contribution in [0.1, 0.15) is 37.0 Å². The first-order valence-electron chi connectivity index (χ1n) is 7.25. The topological polar surface area (TPSA) is 74.0 Å². The Morgan fingerprint density at radius 3 is 2.86 bits per heavy atom. The van der Waals surface area contributed by atoms with Crippen LogP contribution in [0.3, 0.4) is 0 Å². The summed E-state index contributed by atoms with van der Waals surface area (Å²) < 4.78 is 5.24. The molecular formula is C15H22N2O4. The molecule has 1 aliphatic rings. The molecule has 0 radical (unpaired) electrons. The van der Waals surface area contributed by atoms with Gasteiger partial charge < -0.3 is 19.3 Å². The lowest BCUT2D eigenvalue weighted by Crippen LogP contribution is -2.49. The van der Waals surface area contributed by atoms with Gasteiger partial charge in [-0.3, -0.25) is 4.79 Å². The molecule has 0 aromatic carbocycles. The lowest BCUT2D eigenvalue weighted by atomic mass is 10.00. The number of piperidine rings is 1. The largest absolute Gasteiger partial charge is 0.481 e. The van der Waals surface area contributed by atoms with Crippen LogP contribution >= 0.6 is 0 Å². The van der Waals surface area contributed by atoms with Crippen molar-refractivity contribution in [2.24, 2.45) is 0 Å². The van der Waals surface area contributed by atoms with Crippen LogP contribution in [0.2, 0.25) is 0 Å². The highest BCUT2D eigenvalue weighted by Gasteiger charge is 2.30. The van der Waals surface area contributed by atoms with E-state index in [0.717, 1.165) is 30.6 Å². The van der Waals surface area contributed by atoms with E-state index in [-0.39, 0.29) is 18.5 Å². The van der Waals surface area contributed by atoms with E-state index in [1.807, 2.05) is 13.0 Å². The van der Waals surface area contributed by atoms with Crippen molar-refractivity contribution in [2.75, 3.05) is 13.6 Å². The minimum Gasteiger partial charge on any atom is -0.481 e. The van der Waals surface area contributed by atoms with E-state index >= 15 is 0 Å². The number of nitrogens with zero attached hydrogens (tertiary/aromatic N) is 2.